The van der Waals surface area contributed by atoms with E-state index in [-0.39, 0.29) is 11.9 Å². The first-order valence-electron chi connectivity index (χ1n) is 7.31. The Kier molecular flexibility index (Phi) is 3.22. The molecule has 3 aromatic rings. The monoisotopic (exact) mass is 375 g/mol. The van der Waals surface area contributed by atoms with E-state index in [1.54, 1.807) is 27.9 Å². The largest absolute Gasteiger partial charge is 0.446 e. The van der Waals surface area contributed by atoms with Gasteiger partial charge in [-0.25, -0.2) is 14.5 Å². The van der Waals surface area contributed by atoms with Crippen LogP contribution in [0.15, 0.2) is 27.3 Å². The van der Waals surface area contributed by atoms with Crippen LogP contribution in [0.25, 0.3) is 5.65 Å². The van der Waals surface area contributed by atoms with Crippen molar-refractivity contribution < 1.29 is 9.21 Å². The summed E-state index contributed by atoms with van der Waals surface area (Å²) in [5.41, 5.74) is 1.86. The topological polar surface area (TPSA) is 76.5 Å². The summed E-state index contributed by atoms with van der Waals surface area (Å²) in [5.74, 6) is 1.39. The molecule has 3 aromatic heterocycles. The Balaban J connectivity index is 1.68. The molecule has 1 aliphatic heterocycles. The number of rotatable bonds is 1. The third-order valence-electron chi connectivity index (χ3n) is 4.04. The number of nitrogens with zero attached hydrogens (tertiary/aromatic N) is 5. The van der Waals surface area contributed by atoms with Crippen molar-refractivity contribution in [2.75, 3.05) is 6.54 Å². The van der Waals surface area contributed by atoms with Crippen molar-refractivity contribution in [2.45, 2.75) is 26.3 Å². The van der Waals surface area contributed by atoms with Crippen LogP contribution in [-0.2, 0) is 6.42 Å². The average molecular weight is 376 g/mol. The first kappa shape index (κ1) is 14.4. The summed E-state index contributed by atoms with van der Waals surface area (Å²) in [6, 6.07) is 1.57. The van der Waals surface area contributed by atoms with E-state index in [1.165, 1.54) is 0 Å². The lowest BCUT2D eigenvalue weighted by atomic mass is 10.0. The second-order valence-corrected chi connectivity index (χ2v) is 6.49. The van der Waals surface area contributed by atoms with Crippen LogP contribution in [-0.4, -0.2) is 36.9 Å². The zero-order valence-electron chi connectivity index (χ0n) is 12.7. The van der Waals surface area contributed by atoms with E-state index < -0.39 is 0 Å². The zero-order valence-corrected chi connectivity index (χ0v) is 14.2. The molecule has 0 saturated heterocycles. The van der Waals surface area contributed by atoms with Gasteiger partial charge < -0.3 is 9.32 Å². The molecule has 0 saturated carbocycles. The average Bonchev–Trinajstić information content (AvgIpc) is 3.09. The summed E-state index contributed by atoms with van der Waals surface area (Å²) < 4.78 is 7.99. The van der Waals surface area contributed by atoms with Crippen LogP contribution in [0.5, 0.6) is 0 Å². The van der Waals surface area contributed by atoms with Gasteiger partial charge in [-0.3, -0.25) is 4.79 Å². The number of amides is 1. The third kappa shape index (κ3) is 2.33. The minimum atomic E-state index is -0.131. The van der Waals surface area contributed by atoms with Crippen LogP contribution in [0.1, 0.15) is 40.8 Å². The van der Waals surface area contributed by atoms with Crippen LogP contribution in [0.2, 0.25) is 0 Å². The first-order chi connectivity index (χ1) is 11.0. The van der Waals surface area contributed by atoms with Crippen molar-refractivity contribution in [3.63, 3.8) is 0 Å². The van der Waals surface area contributed by atoms with Gasteiger partial charge in [0.25, 0.3) is 5.91 Å². The predicted molar refractivity (Wildman–Crippen MR) is 85.1 cm³/mol. The molecular formula is C15H14BrN5O2. The number of aryl methyl sites for hydroxylation is 1. The van der Waals surface area contributed by atoms with Gasteiger partial charge in [0.15, 0.2) is 17.2 Å². The Labute approximate surface area is 140 Å². The van der Waals surface area contributed by atoms with E-state index in [0.717, 1.165) is 15.9 Å². The molecule has 118 valence electrons. The second-order valence-electron chi connectivity index (χ2n) is 5.57. The molecule has 0 aromatic carbocycles. The Morgan fingerprint density at radius 1 is 1.48 bits per heavy atom. The Morgan fingerprint density at radius 2 is 2.30 bits per heavy atom. The van der Waals surface area contributed by atoms with Crippen LogP contribution >= 0.6 is 15.9 Å². The van der Waals surface area contributed by atoms with Gasteiger partial charge in [-0.05, 0) is 22.9 Å². The summed E-state index contributed by atoms with van der Waals surface area (Å²) in [6.07, 6.45) is 4.13. The molecule has 0 N–H and O–H groups in total. The molecule has 1 unspecified atom stereocenters. The summed E-state index contributed by atoms with van der Waals surface area (Å²) in [6.45, 7) is 4.37. The maximum Gasteiger partial charge on any atom is 0.275 e. The molecule has 0 spiro atoms. The van der Waals surface area contributed by atoms with E-state index >= 15 is 0 Å². The quantitative estimate of drug-likeness (QED) is 0.653. The van der Waals surface area contributed by atoms with Crippen LogP contribution < -0.4 is 0 Å². The molecular weight excluding hydrogens is 362 g/mol. The highest BCUT2D eigenvalue weighted by atomic mass is 79.9. The fourth-order valence-corrected chi connectivity index (χ4v) is 3.23. The van der Waals surface area contributed by atoms with Gasteiger partial charge in [0.2, 0.25) is 0 Å². The highest BCUT2D eigenvalue weighted by Crippen LogP contribution is 2.30. The minimum absolute atomic E-state index is 0.120. The number of oxazole rings is 1. The molecule has 4 heterocycles. The summed E-state index contributed by atoms with van der Waals surface area (Å²) in [5, 5.41) is 4.33. The van der Waals surface area contributed by atoms with E-state index in [1.807, 2.05) is 13.8 Å². The van der Waals surface area contributed by atoms with Crippen molar-refractivity contribution in [3.05, 3.63) is 46.0 Å². The maximum atomic E-state index is 12.8. The van der Waals surface area contributed by atoms with Gasteiger partial charge in [-0.2, -0.15) is 5.10 Å². The smallest absolute Gasteiger partial charge is 0.275 e. The number of halogens is 1. The highest BCUT2D eigenvalue weighted by molar-refractivity contribution is 9.10. The molecule has 1 aliphatic rings. The van der Waals surface area contributed by atoms with Crippen LogP contribution in [0.4, 0.5) is 0 Å². The van der Waals surface area contributed by atoms with E-state index in [2.05, 4.69) is 31.0 Å². The lowest BCUT2D eigenvalue weighted by molar-refractivity contribution is 0.0661. The van der Waals surface area contributed by atoms with Gasteiger partial charge >= 0.3 is 0 Å². The van der Waals surface area contributed by atoms with E-state index in [4.69, 9.17) is 4.42 Å². The van der Waals surface area contributed by atoms with Crippen molar-refractivity contribution in [2.24, 2.45) is 0 Å². The predicted octanol–water partition coefficient (Wildman–Crippen LogP) is 2.55. The number of carbonyl (C=O) groups excluding carboxylic acids is 1. The maximum absolute atomic E-state index is 12.8. The summed E-state index contributed by atoms with van der Waals surface area (Å²) >= 11 is 3.35. The minimum Gasteiger partial charge on any atom is -0.446 e. The Hall–Kier alpha value is -2.22. The van der Waals surface area contributed by atoms with Crippen molar-refractivity contribution in [1.82, 2.24) is 24.5 Å². The van der Waals surface area contributed by atoms with E-state index in [0.29, 0.717) is 30.2 Å². The molecule has 0 bridgehead atoms. The number of hydrogen-bond acceptors (Lipinski definition) is 5. The molecule has 4 rings (SSSR count). The van der Waals surface area contributed by atoms with Crippen molar-refractivity contribution in [1.29, 1.82) is 0 Å². The molecule has 8 heteroatoms. The van der Waals surface area contributed by atoms with Gasteiger partial charge in [0.1, 0.15) is 11.5 Å². The third-order valence-corrected chi connectivity index (χ3v) is 4.45. The van der Waals surface area contributed by atoms with Crippen molar-refractivity contribution in [3.8, 4) is 0 Å². The highest BCUT2D eigenvalue weighted by Gasteiger charge is 2.33. The van der Waals surface area contributed by atoms with Gasteiger partial charge in [0.05, 0.1) is 10.5 Å². The zero-order chi connectivity index (χ0) is 16.1. The van der Waals surface area contributed by atoms with Crippen molar-refractivity contribution >= 4 is 27.5 Å². The van der Waals surface area contributed by atoms with Gasteiger partial charge in [-0.15, -0.1) is 0 Å². The number of aromatic nitrogens is 4. The first-order valence-corrected chi connectivity index (χ1v) is 8.10. The fourth-order valence-electron chi connectivity index (χ4n) is 2.94. The molecule has 0 fully saturated rings. The lowest BCUT2D eigenvalue weighted by Gasteiger charge is -2.31. The molecule has 0 radical (unpaired) electrons. The fraction of sp³-hybridized carbons (Fsp3) is 0.333. The molecule has 1 atom stereocenters. The molecule has 0 aliphatic carbocycles. The number of hydrogen-bond donors (Lipinski definition) is 0. The number of fused-ring (bicyclic) bond motifs is 2. The Bertz CT molecular complexity index is 916. The van der Waals surface area contributed by atoms with Crippen LogP contribution in [0, 0.1) is 6.92 Å². The molecule has 23 heavy (non-hydrogen) atoms. The summed E-state index contributed by atoms with van der Waals surface area (Å²) in [7, 11) is 0. The normalized spacial score (nSPS) is 17.5. The second kappa shape index (κ2) is 5.16. The standard InChI is InChI=1S/C15H14BrN5O2/c1-8-14-12(23-9(2)18-14)3-4-20(8)15(22)11-5-13-17-6-10(16)7-21(13)19-11/h5-8H,3-4H2,1-2H3. The van der Waals surface area contributed by atoms with E-state index in [9.17, 15) is 4.79 Å². The molecule has 1 amide bonds. The Morgan fingerprint density at radius 3 is 3.13 bits per heavy atom. The number of carbonyl (C=O) groups is 1. The van der Waals surface area contributed by atoms with Gasteiger partial charge in [-0.1, -0.05) is 0 Å². The molecule has 7 nitrogen and oxygen atoms in total. The van der Waals surface area contributed by atoms with Gasteiger partial charge in [0, 0.05) is 38.3 Å². The SMILES string of the molecule is Cc1nc2c(o1)CCN(C(=O)c1cc3ncc(Br)cn3n1)C2C. The van der Waals surface area contributed by atoms with Crippen LogP contribution in [0.3, 0.4) is 0 Å². The summed E-state index contributed by atoms with van der Waals surface area (Å²) in [4.78, 5) is 23.3. The lowest BCUT2D eigenvalue weighted by Crippen LogP contribution is -2.39.